The van der Waals surface area contributed by atoms with Gasteiger partial charge in [-0.25, -0.2) is 4.39 Å². The second-order valence-corrected chi connectivity index (χ2v) is 2.87. The Kier molecular flexibility index (Phi) is 1.46. The first kappa shape index (κ1) is 7.40. The topological polar surface area (TPSA) is 18.5 Å². The normalized spacial score (nSPS) is 13.6. The van der Waals surface area contributed by atoms with Gasteiger partial charge in [0, 0.05) is 0 Å². The minimum atomic E-state index is -0.303. The first-order chi connectivity index (χ1) is 5.70. The zero-order valence-electron chi connectivity index (χ0n) is 6.98. The van der Waals surface area contributed by atoms with Crippen LogP contribution in [0.2, 0.25) is 0 Å². The minimum absolute atomic E-state index is 0.120. The second-order valence-electron chi connectivity index (χ2n) is 2.87. The Bertz CT molecular complexity index is 334. The van der Waals surface area contributed by atoms with Gasteiger partial charge in [0.2, 0.25) is 12.5 Å². The van der Waals surface area contributed by atoms with Gasteiger partial charge in [0.15, 0.2) is 11.6 Å². The highest BCUT2D eigenvalue weighted by Crippen LogP contribution is 2.37. The van der Waals surface area contributed by atoms with Gasteiger partial charge in [-0.1, -0.05) is 0 Å². The van der Waals surface area contributed by atoms with Crippen molar-refractivity contribution in [1.82, 2.24) is 0 Å². The molecule has 0 unspecified atom stereocenters. The van der Waals surface area contributed by atoms with Crippen LogP contribution in [-0.4, -0.2) is 6.79 Å². The van der Waals surface area contributed by atoms with Crippen molar-refractivity contribution >= 4 is 0 Å². The van der Waals surface area contributed by atoms with E-state index >= 15 is 0 Å². The fourth-order valence-electron chi connectivity index (χ4n) is 1.22. The number of aryl methyl sites for hydroxylation is 1. The van der Waals surface area contributed by atoms with Crippen molar-refractivity contribution in [3.63, 3.8) is 0 Å². The molecule has 1 heterocycles. The van der Waals surface area contributed by atoms with Crippen LogP contribution in [-0.2, 0) is 0 Å². The maximum absolute atomic E-state index is 13.4. The van der Waals surface area contributed by atoms with Gasteiger partial charge in [0.25, 0.3) is 0 Å². The van der Waals surface area contributed by atoms with Crippen LogP contribution >= 0.6 is 0 Å². The van der Waals surface area contributed by atoms with E-state index < -0.39 is 0 Å². The van der Waals surface area contributed by atoms with Crippen LogP contribution in [0.25, 0.3) is 0 Å². The molecule has 0 bridgehead atoms. The molecule has 64 valence electrons. The standard InChI is InChI=1S/C9H9FO2/c1-5-3-7-9(12-4-11-7)8(10)6(5)2/h3H,4H2,1-2H3. The predicted molar refractivity (Wildman–Crippen MR) is 42.0 cm³/mol. The molecule has 2 nitrogen and oxygen atoms in total. The summed E-state index contributed by atoms with van der Waals surface area (Å²) in [6.07, 6.45) is 0. The molecule has 0 aromatic heterocycles. The van der Waals surface area contributed by atoms with E-state index in [0.29, 0.717) is 11.3 Å². The molecule has 0 amide bonds. The molecule has 1 aromatic carbocycles. The van der Waals surface area contributed by atoms with E-state index in [1.165, 1.54) is 0 Å². The lowest BCUT2D eigenvalue weighted by molar-refractivity contribution is 0.171. The third-order valence-corrected chi connectivity index (χ3v) is 2.11. The Labute approximate surface area is 69.9 Å². The van der Waals surface area contributed by atoms with E-state index in [4.69, 9.17) is 9.47 Å². The number of halogens is 1. The maximum atomic E-state index is 13.4. The fraction of sp³-hybridized carbons (Fsp3) is 0.333. The zero-order chi connectivity index (χ0) is 8.72. The zero-order valence-corrected chi connectivity index (χ0v) is 6.98. The highest BCUT2D eigenvalue weighted by Gasteiger charge is 2.20. The first-order valence-corrected chi connectivity index (χ1v) is 3.75. The lowest BCUT2D eigenvalue weighted by atomic mass is 10.1. The summed E-state index contributed by atoms with van der Waals surface area (Å²) in [5, 5.41) is 0. The van der Waals surface area contributed by atoms with Gasteiger partial charge >= 0.3 is 0 Å². The number of hydrogen-bond acceptors (Lipinski definition) is 2. The molecule has 0 N–H and O–H groups in total. The van der Waals surface area contributed by atoms with Crippen molar-refractivity contribution in [2.45, 2.75) is 13.8 Å². The van der Waals surface area contributed by atoms with Crippen LogP contribution in [0, 0.1) is 19.7 Å². The average molecular weight is 168 g/mol. The van der Waals surface area contributed by atoms with Crippen molar-refractivity contribution in [3.05, 3.63) is 23.0 Å². The second kappa shape index (κ2) is 2.37. The third-order valence-electron chi connectivity index (χ3n) is 2.11. The lowest BCUT2D eigenvalue weighted by Crippen LogP contribution is -1.94. The highest BCUT2D eigenvalue weighted by molar-refractivity contribution is 5.49. The molecular weight excluding hydrogens is 159 g/mol. The molecular formula is C9H9FO2. The third kappa shape index (κ3) is 0.858. The van der Waals surface area contributed by atoms with Gasteiger partial charge in [0.1, 0.15) is 0 Å². The summed E-state index contributed by atoms with van der Waals surface area (Å²) in [6.45, 7) is 3.70. The Balaban J connectivity index is 2.67. The molecule has 3 heteroatoms. The fourth-order valence-corrected chi connectivity index (χ4v) is 1.22. The molecule has 1 aliphatic heterocycles. The van der Waals surface area contributed by atoms with Gasteiger partial charge in [-0.05, 0) is 31.0 Å². The van der Waals surface area contributed by atoms with E-state index in [-0.39, 0.29) is 18.4 Å². The van der Waals surface area contributed by atoms with E-state index in [0.717, 1.165) is 5.56 Å². The van der Waals surface area contributed by atoms with Crippen LogP contribution < -0.4 is 9.47 Å². The SMILES string of the molecule is Cc1cc2c(c(F)c1C)OCO2. The van der Waals surface area contributed by atoms with Crippen LogP contribution in [0.4, 0.5) is 4.39 Å². The summed E-state index contributed by atoms with van der Waals surface area (Å²) >= 11 is 0. The van der Waals surface area contributed by atoms with Crippen molar-refractivity contribution in [1.29, 1.82) is 0 Å². The maximum Gasteiger partial charge on any atom is 0.231 e. The molecule has 0 saturated carbocycles. The number of ether oxygens (including phenoxy) is 2. The summed E-state index contributed by atoms with van der Waals surface area (Å²) in [6, 6.07) is 1.79. The molecule has 0 fully saturated rings. The van der Waals surface area contributed by atoms with E-state index in [1.807, 2.05) is 6.92 Å². The molecule has 1 aliphatic rings. The minimum Gasteiger partial charge on any atom is -0.453 e. The summed E-state index contributed by atoms with van der Waals surface area (Å²) in [7, 11) is 0. The van der Waals surface area contributed by atoms with Crippen molar-refractivity contribution < 1.29 is 13.9 Å². The van der Waals surface area contributed by atoms with Crippen LogP contribution in [0.3, 0.4) is 0 Å². The summed E-state index contributed by atoms with van der Waals surface area (Å²) in [5.74, 6) is 0.455. The molecule has 0 aliphatic carbocycles. The Morgan fingerprint density at radius 2 is 2.08 bits per heavy atom. The summed E-state index contributed by atoms with van der Waals surface area (Å²) < 4.78 is 23.4. The lowest BCUT2D eigenvalue weighted by Gasteiger charge is -2.04. The van der Waals surface area contributed by atoms with Crippen LogP contribution in [0.1, 0.15) is 11.1 Å². The van der Waals surface area contributed by atoms with E-state index in [2.05, 4.69) is 0 Å². The van der Waals surface area contributed by atoms with Crippen LogP contribution in [0.5, 0.6) is 11.5 Å². The summed E-state index contributed by atoms with van der Waals surface area (Å²) in [4.78, 5) is 0. The Morgan fingerprint density at radius 1 is 1.33 bits per heavy atom. The van der Waals surface area contributed by atoms with Crippen molar-refractivity contribution in [3.8, 4) is 11.5 Å². The first-order valence-electron chi connectivity index (χ1n) is 3.75. The molecule has 1 aromatic rings. The number of fused-ring (bicyclic) bond motifs is 1. The highest BCUT2D eigenvalue weighted by atomic mass is 19.1. The van der Waals surface area contributed by atoms with Gasteiger partial charge in [-0.3, -0.25) is 0 Å². The van der Waals surface area contributed by atoms with Gasteiger partial charge < -0.3 is 9.47 Å². The van der Waals surface area contributed by atoms with Crippen LogP contribution in [0.15, 0.2) is 6.07 Å². The predicted octanol–water partition coefficient (Wildman–Crippen LogP) is 2.17. The van der Waals surface area contributed by atoms with E-state index in [1.54, 1.807) is 13.0 Å². The van der Waals surface area contributed by atoms with Gasteiger partial charge in [0.05, 0.1) is 0 Å². The molecule has 12 heavy (non-hydrogen) atoms. The molecule has 0 spiro atoms. The molecule has 2 rings (SSSR count). The van der Waals surface area contributed by atoms with Crippen molar-refractivity contribution in [2.24, 2.45) is 0 Å². The molecule has 0 radical (unpaired) electrons. The number of benzene rings is 1. The molecule has 0 atom stereocenters. The monoisotopic (exact) mass is 168 g/mol. The summed E-state index contributed by atoms with van der Waals surface area (Å²) in [5.41, 5.74) is 1.51. The molecule has 0 saturated heterocycles. The van der Waals surface area contributed by atoms with Gasteiger partial charge in [-0.15, -0.1) is 0 Å². The van der Waals surface area contributed by atoms with Crippen molar-refractivity contribution in [2.75, 3.05) is 6.79 Å². The van der Waals surface area contributed by atoms with E-state index in [9.17, 15) is 4.39 Å². The number of rotatable bonds is 0. The Morgan fingerprint density at radius 3 is 2.83 bits per heavy atom. The van der Waals surface area contributed by atoms with Gasteiger partial charge in [-0.2, -0.15) is 0 Å². The quantitative estimate of drug-likeness (QED) is 0.591. The Hall–Kier alpha value is -1.25. The largest absolute Gasteiger partial charge is 0.453 e. The smallest absolute Gasteiger partial charge is 0.231 e. The number of hydrogen-bond donors (Lipinski definition) is 0. The average Bonchev–Trinajstić information content (AvgIpc) is 2.48.